The average molecular weight is 302 g/mol. The second-order valence-electron chi connectivity index (χ2n) is 0.469. The molecule has 0 aromatic rings. The molecule has 0 aliphatic heterocycles. The first kappa shape index (κ1) is 22.6. The second kappa shape index (κ2) is 10.7. The molecule has 0 spiro atoms. The van der Waals surface area contributed by atoms with Crippen LogP contribution in [0.1, 0.15) is 0 Å². The van der Waals surface area contributed by atoms with E-state index in [2.05, 4.69) is 0 Å². The van der Waals surface area contributed by atoms with E-state index in [0.717, 1.165) is 0 Å². The quantitative estimate of drug-likeness (QED) is 0.274. The molecule has 0 radical (unpaired) electrons. The van der Waals surface area contributed by atoms with Crippen LogP contribution in [-0.4, -0.2) is 42.6 Å². The van der Waals surface area contributed by atoms with Crippen LogP contribution in [0.4, 0.5) is 0 Å². The van der Waals surface area contributed by atoms with Crippen molar-refractivity contribution < 1.29 is 94.6 Å². The number of rotatable bonds is 0. The molecule has 0 unspecified atom stereocenters. The fraction of sp³-hybridized carbons (Fsp3) is 0. The molecule has 0 aromatic carbocycles. The molecule has 0 heterocycles. The SMILES string of the molecule is O=P([O-])([O-])O.[Ca+2].[I-].[K+]. The Labute approximate surface area is 136 Å². The summed E-state index contributed by atoms with van der Waals surface area (Å²) in [6, 6.07) is 0. The van der Waals surface area contributed by atoms with Crippen molar-refractivity contribution in [2.45, 2.75) is 0 Å². The summed E-state index contributed by atoms with van der Waals surface area (Å²) in [7, 11) is -5.14. The Morgan fingerprint density at radius 3 is 1.38 bits per heavy atom. The standard InChI is InChI=1S/Ca.HI.K.H3O4P/c;;;1-5(2,3)4/h;1H;;(H3,1,2,3,4)/q+2;;+1;/p-3. The summed E-state index contributed by atoms with van der Waals surface area (Å²) in [6.45, 7) is 0. The van der Waals surface area contributed by atoms with Crippen molar-refractivity contribution in [2.75, 3.05) is 0 Å². The van der Waals surface area contributed by atoms with E-state index in [4.69, 9.17) is 19.2 Å². The first-order chi connectivity index (χ1) is 2.00. The van der Waals surface area contributed by atoms with Gasteiger partial charge < -0.3 is 43.2 Å². The molecule has 8 heavy (non-hydrogen) atoms. The van der Waals surface area contributed by atoms with E-state index in [1.54, 1.807) is 0 Å². The number of phosphoric acid groups is 1. The van der Waals surface area contributed by atoms with Gasteiger partial charge >= 0.3 is 89.1 Å². The van der Waals surface area contributed by atoms with Crippen molar-refractivity contribution >= 4 is 45.6 Å². The maximum atomic E-state index is 8.66. The molecule has 1 N–H and O–H groups in total. The van der Waals surface area contributed by atoms with E-state index >= 15 is 0 Å². The van der Waals surface area contributed by atoms with Crippen molar-refractivity contribution in [3.8, 4) is 0 Å². The van der Waals surface area contributed by atoms with Crippen LogP contribution in [-0.2, 0) is 4.57 Å². The minimum absolute atomic E-state index is 0. The largest absolute Gasteiger partial charge is 2.00 e. The summed E-state index contributed by atoms with van der Waals surface area (Å²) in [4.78, 5) is 24.3. The van der Waals surface area contributed by atoms with Crippen LogP contribution in [0.15, 0.2) is 0 Å². The first-order valence-corrected chi connectivity index (χ1v) is 2.24. The summed E-state index contributed by atoms with van der Waals surface area (Å²) in [5.41, 5.74) is 0. The Morgan fingerprint density at radius 2 is 1.38 bits per heavy atom. The molecule has 0 aliphatic carbocycles. The van der Waals surface area contributed by atoms with Crippen molar-refractivity contribution in [3.05, 3.63) is 0 Å². The molecule has 4 nitrogen and oxygen atoms in total. The predicted molar refractivity (Wildman–Crippen MR) is 15.6 cm³/mol. The zero-order valence-electron chi connectivity index (χ0n) is 4.20. The van der Waals surface area contributed by atoms with E-state index in [9.17, 15) is 0 Å². The van der Waals surface area contributed by atoms with Gasteiger partial charge in [-0.05, 0) is 0 Å². The van der Waals surface area contributed by atoms with E-state index in [0.29, 0.717) is 0 Å². The van der Waals surface area contributed by atoms with Gasteiger partial charge in [0.05, 0.1) is 7.82 Å². The molecule has 40 valence electrons. The van der Waals surface area contributed by atoms with Gasteiger partial charge in [0, 0.05) is 0 Å². The van der Waals surface area contributed by atoms with Crippen LogP contribution < -0.4 is 85.1 Å². The van der Waals surface area contributed by atoms with Crippen molar-refractivity contribution in [2.24, 2.45) is 0 Å². The van der Waals surface area contributed by atoms with Gasteiger partial charge in [-0.25, -0.2) is 0 Å². The third-order valence-electron chi connectivity index (χ3n) is 0. The normalized spacial score (nSPS) is 7.38. The minimum atomic E-state index is -5.14. The van der Waals surface area contributed by atoms with Gasteiger partial charge in [0.15, 0.2) is 0 Å². The Hall–Kier alpha value is 3.74. The fourth-order valence-corrected chi connectivity index (χ4v) is 0. The fourth-order valence-electron chi connectivity index (χ4n) is 0. The van der Waals surface area contributed by atoms with Gasteiger partial charge in [-0.15, -0.1) is 0 Å². The molecule has 0 aliphatic rings. The third kappa shape index (κ3) is 53.2. The van der Waals surface area contributed by atoms with Crippen molar-refractivity contribution in [1.82, 2.24) is 0 Å². The third-order valence-corrected chi connectivity index (χ3v) is 0. The number of hydrogen-bond donors (Lipinski definition) is 1. The molecule has 0 atom stereocenters. The molecule has 8 heteroatoms. The number of halogens is 1. The van der Waals surface area contributed by atoms with Gasteiger partial charge in [-0.2, -0.15) is 0 Å². The van der Waals surface area contributed by atoms with Crippen LogP contribution in [0.2, 0.25) is 0 Å². The number of hydrogen-bond acceptors (Lipinski definition) is 3. The molecule has 0 rings (SSSR count). The Kier molecular flexibility index (Phi) is 30.3. The average Bonchev–Trinajstić information content (AvgIpc) is 0.722. The van der Waals surface area contributed by atoms with Crippen LogP contribution in [0.5, 0.6) is 0 Å². The Balaban J connectivity index is -0.0000000267. The van der Waals surface area contributed by atoms with Crippen LogP contribution in [0.3, 0.4) is 0 Å². The zero-order valence-corrected chi connectivity index (χ0v) is 12.6. The van der Waals surface area contributed by atoms with Gasteiger partial charge in [-0.3, -0.25) is 0 Å². The van der Waals surface area contributed by atoms with E-state index in [-0.39, 0.29) is 113 Å². The summed E-state index contributed by atoms with van der Waals surface area (Å²) >= 11 is 0. The monoisotopic (exact) mass is 302 g/mol. The van der Waals surface area contributed by atoms with Gasteiger partial charge in [-0.1, -0.05) is 0 Å². The second-order valence-corrected chi connectivity index (χ2v) is 1.41. The zero-order chi connectivity index (χ0) is 4.50. The summed E-state index contributed by atoms with van der Waals surface area (Å²) < 4.78 is 8.66. The Morgan fingerprint density at radius 1 is 1.38 bits per heavy atom. The van der Waals surface area contributed by atoms with E-state index in [1.807, 2.05) is 0 Å². The Bertz CT molecular complexity index is 62.2. The molecular formula is HCaIKO4P. The molecule has 0 amide bonds. The van der Waals surface area contributed by atoms with Crippen molar-refractivity contribution in [3.63, 3.8) is 0 Å². The topological polar surface area (TPSA) is 83.4 Å². The van der Waals surface area contributed by atoms with Gasteiger partial charge in [0.2, 0.25) is 0 Å². The summed E-state index contributed by atoms with van der Waals surface area (Å²) in [5.74, 6) is 0. The van der Waals surface area contributed by atoms with E-state index < -0.39 is 7.82 Å². The van der Waals surface area contributed by atoms with Crippen LogP contribution in [0.25, 0.3) is 0 Å². The van der Waals surface area contributed by atoms with Gasteiger partial charge in [0.25, 0.3) is 0 Å². The first-order valence-electron chi connectivity index (χ1n) is 0.748. The molecule has 0 saturated carbocycles. The summed E-state index contributed by atoms with van der Waals surface area (Å²) in [5, 5.41) is 0. The van der Waals surface area contributed by atoms with Crippen LogP contribution in [0, 0.1) is 0 Å². The molecule has 0 aromatic heterocycles. The maximum absolute atomic E-state index is 8.66. The molecule has 0 fully saturated rings. The predicted octanol–water partition coefficient (Wildman–Crippen LogP) is -8.57. The molecule has 0 saturated heterocycles. The van der Waals surface area contributed by atoms with Gasteiger partial charge in [0.1, 0.15) is 0 Å². The minimum Gasteiger partial charge on any atom is -1.00 e. The van der Waals surface area contributed by atoms with E-state index in [1.165, 1.54) is 0 Å². The maximum Gasteiger partial charge on any atom is 2.00 e. The van der Waals surface area contributed by atoms with Crippen molar-refractivity contribution in [1.29, 1.82) is 0 Å². The summed E-state index contributed by atoms with van der Waals surface area (Å²) in [6.07, 6.45) is 0. The molecule has 0 bridgehead atoms. The van der Waals surface area contributed by atoms with Crippen LogP contribution >= 0.6 is 7.82 Å². The smallest absolute Gasteiger partial charge is 1.00 e. The molecular weight excluding hydrogens is 301 g/mol.